The first-order valence-electron chi connectivity index (χ1n) is 12.8. The molecule has 5 rings (SSSR count). The Morgan fingerprint density at radius 3 is 2.54 bits per heavy atom. The van der Waals surface area contributed by atoms with Crippen LogP contribution in [0, 0.1) is 6.92 Å². The van der Waals surface area contributed by atoms with Crippen molar-refractivity contribution in [3.05, 3.63) is 83.9 Å². The lowest BCUT2D eigenvalue weighted by Crippen LogP contribution is -2.48. The van der Waals surface area contributed by atoms with Crippen molar-refractivity contribution in [1.29, 1.82) is 0 Å². The quantitative estimate of drug-likeness (QED) is 0.387. The number of hydrogen-bond donors (Lipinski definition) is 2. The number of nitrogens with one attached hydrogen (secondary N) is 1. The molecule has 0 unspecified atom stereocenters. The second-order valence-corrected chi connectivity index (χ2v) is 9.68. The summed E-state index contributed by atoms with van der Waals surface area (Å²) in [6, 6.07) is 20.7. The molecule has 1 heterocycles. The number of hydrogen-bond acceptors (Lipinski definition) is 5. The predicted octanol–water partition coefficient (Wildman–Crippen LogP) is 4.67. The number of para-hydroxylation sites is 1. The maximum Gasteiger partial charge on any atom is 0.249 e. The Hall–Kier alpha value is -4.20. The monoisotopic (exact) mass is 497 g/mol. The summed E-state index contributed by atoms with van der Waals surface area (Å²) in [5.41, 5.74) is 3.64. The van der Waals surface area contributed by atoms with Crippen LogP contribution in [-0.4, -0.2) is 38.0 Å². The van der Waals surface area contributed by atoms with E-state index in [1.54, 1.807) is 33.8 Å². The summed E-state index contributed by atoms with van der Waals surface area (Å²) >= 11 is 0. The fourth-order valence-corrected chi connectivity index (χ4v) is 5.05. The highest BCUT2D eigenvalue weighted by Gasteiger charge is 2.34. The largest absolute Gasteiger partial charge is 0.508 e. The molecule has 8 heteroatoms. The minimum atomic E-state index is -0.924. The summed E-state index contributed by atoms with van der Waals surface area (Å²) in [7, 11) is 0. The Morgan fingerprint density at radius 1 is 1.03 bits per heavy atom. The van der Waals surface area contributed by atoms with Crippen LogP contribution in [0.25, 0.3) is 11.0 Å². The van der Waals surface area contributed by atoms with Crippen molar-refractivity contribution in [1.82, 2.24) is 20.3 Å². The predicted molar refractivity (Wildman–Crippen MR) is 142 cm³/mol. The van der Waals surface area contributed by atoms with Gasteiger partial charge in [0.05, 0.1) is 5.52 Å². The molecule has 0 aliphatic heterocycles. The van der Waals surface area contributed by atoms with Crippen molar-refractivity contribution < 1.29 is 14.7 Å². The molecule has 8 nitrogen and oxygen atoms in total. The zero-order valence-corrected chi connectivity index (χ0v) is 20.9. The Balaban J connectivity index is 1.56. The van der Waals surface area contributed by atoms with Gasteiger partial charge in [-0.1, -0.05) is 60.9 Å². The Kier molecular flexibility index (Phi) is 7.16. The molecule has 0 radical (unpaired) electrons. The van der Waals surface area contributed by atoms with E-state index in [1.165, 1.54) is 6.42 Å². The molecule has 1 aliphatic carbocycles. The van der Waals surface area contributed by atoms with E-state index < -0.39 is 6.04 Å². The van der Waals surface area contributed by atoms with E-state index in [4.69, 9.17) is 0 Å². The number of carbonyl (C=O) groups excluding carboxylic acids is 2. The summed E-state index contributed by atoms with van der Waals surface area (Å²) < 4.78 is 1.56. The number of fused-ring (bicyclic) bond motifs is 1. The van der Waals surface area contributed by atoms with Crippen molar-refractivity contribution in [3.63, 3.8) is 0 Å². The standard InChI is InChI=1S/C29H31N5O3/c1-20-8-7-11-23(18-20)34(27(36)19-33-26-13-6-5-12-25(26)31-32-33)28(21-14-16-24(35)17-15-21)29(37)30-22-9-3-2-4-10-22/h5-8,11-18,22,28,35H,2-4,9-10,19H2,1H3,(H,30,37)/t28-/m0/s1. The molecule has 0 spiro atoms. The molecule has 2 N–H and O–H groups in total. The number of aryl methyl sites for hydroxylation is 1. The van der Waals surface area contributed by atoms with Crippen molar-refractivity contribution in [2.24, 2.45) is 0 Å². The minimum Gasteiger partial charge on any atom is -0.508 e. The van der Waals surface area contributed by atoms with E-state index in [-0.39, 0.29) is 30.2 Å². The molecule has 37 heavy (non-hydrogen) atoms. The number of aromatic nitrogens is 3. The van der Waals surface area contributed by atoms with Crippen LogP contribution in [0.1, 0.15) is 49.3 Å². The van der Waals surface area contributed by atoms with Crippen LogP contribution in [-0.2, 0) is 16.1 Å². The first-order chi connectivity index (χ1) is 18.0. The number of phenols is 1. The van der Waals surface area contributed by atoms with Gasteiger partial charge in [0.1, 0.15) is 23.9 Å². The minimum absolute atomic E-state index is 0.0783. The molecule has 1 aromatic heterocycles. The highest BCUT2D eigenvalue weighted by atomic mass is 16.3. The molecule has 0 bridgehead atoms. The van der Waals surface area contributed by atoms with Gasteiger partial charge in [-0.2, -0.15) is 0 Å². The van der Waals surface area contributed by atoms with Gasteiger partial charge in [-0.05, 0) is 67.3 Å². The van der Waals surface area contributed by atoms with Crippen molar-refractivity contribution in [2.45, 2.75) is 57.7 Å². The molecule has 3 aromatic carbocycles. The molecular formula is C29H31N5O3. The zero-order chi connectivity index (χ0) is 25.8. The lowest BCUT2D eigenvalue weighted by molar-refractivity contribution is -0.127. The van der Waals surface area contributed by atoms with Crippen LogP contribution < -0.4 is 10.2 Å². The SMILES string of the molecule is Cc1cccc(N(C(=O)Cn2nnc3ccccc32)[C@H](C(=O)NC2CCCCC2)c2ccc(O)cc2)c1. The highest BCUT2D eigenvalue weighted by molar-refractivity contribution is 6.01. The van der Waals surface area contributed by atoms with Gasteiger partial charge >= 0.3 is 0 Å². The molecule has 1 atom stereocenters. The van der Waals surface area contributed by atoms with E-state index in [0.717, 1.165) is 36.8 Å². The maximum absolute atomic E-state index is 14.1. The summed E-state index contributed by atoms with van der Waals surface area (Å²) in [5.74, 6) is -0.438. The van der Waals surface area contributed by atoms with Crippen LogP contribution in [0.4, 0.5) is 5.69 Å². The van der Waals surface area contributed by atoms with Crippen LogP contribution in [0.5, 0.6) is 5.75 Å². The molecule has 1 fully saturated rings. The van der Waals surface area contributed by atoms with E-state index in [1.807, 2.05) is 55.5 Å². The number of amides is 2. The average molecular weight is 498 g/mol. The van der Waals surface area contributed by atoms with Crippen molar-refractivity contribution >= 4 is 28.5 Å². The van der Waals surface area contributed by atoms with E-state index in [9.17, 15) is 14.7 Å². The van der Waals surface area contributed by atoms with Crippen molar-refractivity contribution in [2.75, 3.05) is 4.90 Å². The number of anilines is 1. The van der Waals surface area contributed by atoms with Crippen LogP contribution >= 0.6 is 0 Å². The van der Waals surface area contributed by atoms with Crippen molar-refractivity contribution in [3.8, 4) is 5.75 Å². The number of carbonyl (C=O) groups is 2. The molecule has 2 amide bonds. The second-order valence-electron chi connectivity index (χ2n) is 9.68. The first-order valence-corrected chi connectivity index (χ1v) is 12.8. The van der Waals surface area contributed by atoms with Gasteiger partial charge < -0.3 is 10.4 Å². The van der Waals surface area contributed by atoms with Gasteiger partial charge in [-0.15, -0.1) is 5.10 Å². The number of nitrogens with zero attached hydrogens (tertiary/aromatic N) is 4. The third kappa shape index (κ3) is 5.48. The van der Waals surface area contributed by atoms with Gasteiger partial charge in [0.25, 0.3) is 0 Å². The topological polar surface area (TPSA) is 100 Å². The van der Waals surface area contributed by atoms with Crippen LogP contribution in [0.2, 0.25) is 0 Å². The molecular weight excluding hydrogens is 466 g/mol. The normalized spacial score (nSPS) is 14.8. The number of aromatic hydroxyl groups is 1. The summed E-state index contributed by atoms with van der Waals surface area (Å²) in [6.45, 7) is 1.87. The zero-order valence-electron chi connectivity index (χ0n) is 20.9. The number of benzene rings is 3. The van der Waals surface area contributed by atoms with Gasteiger partial charge in [0, 0.05) is 11.7 Å². The number of phenolic OH excluding ortho intramolecular Hbond substituents is 1. The smallest absolute Gasteiger partial charge is 0.249 e. The van der Waals surface area contributed by atoms with Gasteiger partial charge in [-0.3, -0.25) is 14.5 Å². The van der Waals surface area contributed by atoms with Crippen LogP contribution in [0.15, 0.2) is 72.8 Å². The van der Waals surface area contributed by atoms with E-state index in [0.29, 0.717) is 16.8 Å². The van der Waals surface area contributed by atoms with Gasteiger partial charge in [-0.25, -0.2) is 4.68 Å². The lowest BCUT2D eigenvalue weighted by Gasteiger charge is -2.33. The molecule has 1 aliphatic rings. The van der Waals surface area contributed by atoms with E-state index in [2.05, 4.69) is 15.6 Å². The molecule has 0 saturated heterocycles. The maximum atomic E-state index is 14.1. The first kappa shape index (κ1) is 24.5. The third-order valence-corrected chi connectivity index (χ3v) is 6.92. The molecule has 4 aromatic rings. The highest BCUT2D eigenvalue weighted by Crippen LogP contribution is 2.31. The Labute approximate surface area is 215 Å². The average Bonchev–Trinajstić information content (AvgIpc) is 3.31. The van der Waals surface area contributed by atoms with Gasteiger partial charge in [0.2, 0.25) is 11.8 Å². The molecule has 1 saturated carbocycles. The fourth-order valence-electron chi connectivity index (χ4n) is 5.05. The summed E-state index contributed by atoms with van der Waals surface area (Å²) in [5, 5.41) is 21.5. The molecule has 190 valence electrons. The summed E-state index contributed by atoms with van der Waals surface area (Å²) in [4.78, 5) is 29.5. The Morgan fingerprint density at radius 2 is 1.78 bits per heavy atom. The third-order valence-electron chi connectivity index (χ3n) is 6.92. The second kappa shape index (κ2) is 10.8. The van der Waals surface area contributed by atoms with E-state index >= 15 is 0 Å². The fraction of sp³-hybridized carbons (Fsp3) is 0.310. The Bertz CT molecular complexity index is 1390. The van der Waals surface area contributed by atoms with Crippen LogP contribution in [0.3, 0.4) is 0 Å². The number of rotatable bonds is 7. The lowest BCUT2D eigenvalue weighted by atomic mass is 9.94. The summed E-state index contributed by atoms with van der Waals surface area (Å²) in [6.07, 6.45) is 5.19. The van der Waals surface area contributed by atoms with Gasteiger partial charge in [0.15, 0.2) is 0 Å².